The number of aliphatic carboxylic acids is 1. The van der Waals surface area contributed by atoms with E-state index in [1.54, 1.807) is 13.8 Å². The largest absolute Gasteiger partial charge is 0.480 e. The molecule has 0 aromatic heterocycles. The fourth-order valence-electron chi connectivity index (χ4n) is 2.25. The van der Waals surface area contributed by atoms with E-state index in [-0.39, 0.29) is 29.5 Å². The topological polar surface area (TPSA) is 77.9 Å². The second-order valence-electron chi connectivity index (χ2n) is 5.11. The number of amides is 2. The Balaban J connectivity index is 2.60. The van der Waals surface area contributed by atoms with Gasteiger partial charge in [-0.15, -0.1) is 11.6 Å². The number of carboxylic acids is 1. The number of hydrogen-bond donors (Lipinski definition) is 1. The molecule has 1 saturated heterocycles. The van der Waals surface area contributed by atoms with Gasteiger partial charge >= 0.3 is 5.97 Å². The summed E-state index contributed by atoms with van der Waals surface area (Å²) in [5.74, 6) is -2.05. The normalized spacial score (nSPS) is 17.0. The van der Waals surface area contributed by atoms with Crippen LogP contribution in [0.4, 0.5) is 0 Å². The first-order valence-electron chi connectivity index (χ1n) is 6.12. The summed E-state index contributed by atoms with van der Waals surface area (Å²) >= 11 is 5.42. The van der Waals surface area contributed by atoms with E-state index < -0.39 is 12.0 Å². The van der Waals surface area contributed by atoms with Crippen LogP contribution in [0.15, 0.2) is 0 Å². The molecule has 108 valence electrons. The predicted octanol–water partition coefficient (Wildman–Crippen LogP) is 0.251. The molecule has 1 heterocycles. The monoisotopic (exact) mass is 290 g/mol. The molecular weight excluding hydrogens is 272 g/mol. The molecule has 1 N–H and O–H groups in total. The third-order valence-electron chi connectivity index (χ3n) is 3.35. The molecule has 6 nitrogen and oxygen atoms in total. The fourth-order valence-corrected chi connectivity index (χ4v) is 2.42. The summed E-state index contributed by atoms with van der Waals surface area (Å²) in [7, 11) is 1.49. The molecule has 0 aromatic rings. The summed E-state index contributed by atoms with van der Waals surface area (Å²) in [5, 5.41) is 9.14. The number of carboxylic acid groups (broad SMARTS) is 1. The summed E-state index contributed by atoms with van der Waals surface area (Å²) < 4.78 is 0. The Morgan fingerprint density at radius 1 is 1.37 bits per heavy atom. The Labute approximate surface area is 117 Å². The molecule has 2 amide bonds. The van der Waals surface area contributed by atoms with Crippen molar-refractivity contribution in [3.05, 3.63) is 0 Å². The summed E-state index contributed by atoms with van der Waals surface area (Å²) in [6.07, 6.45) is 0. The summed E-state index contributed by atoms with van der Waals surface area (Å²) in [5.41, 5.74) is 0. The highest BCUT2D eigenvalue weighted by atomic mass is 35.5. The Morgan fingerprint density at radius 3 is 2.26 bits per heavy atom. The first-order chi connectivity index (χ1) is 8.79. The number of carbonyl (C=O) groups excluding carboxylic acids is 2. The third-order valence-corrected chi connectivity index (χ3v) is 3.58. The SMILES string of the molecule is CC(C)[C@@H](C(=O)O)N(C)C(=O)C1CN(C(=O)CCl)C1. The Hall–Kier alpha value is -1.30. The second-order valence-corrected chi connectivity index (χ2v) is 5.37. The van der Waals surface area contributed by atoms with E-state index in [2.05, 4.69) is 0 Å². The van der Waals surface area contributed by atoms with Gasteiger partial charge in [0, 0.05) is 20.1 Å². The van der Waals surface area contributed by atoms with E-state index in [1.807, 2.05) is 0 Å². The lowest BCUT2D eigenvalue weighted by Crippen LogP contribution is -2.58. The van der Waals surface area contributed by atoms with Gasteiger partial charge in [0.25, 0.3) is 0 Å². The Kier molecular flexibility index (Phi) is 5.17. The fraction of sp³-hybridized carbons (Fsp3) is 0.750. The molecule has 1 aliphatic heterocycles. The van der Waals surface area contributed by atoms with Crippen LogP contribution in [-0.2, 0) is 14.4 Å². The number of likely N-dealkylation sites (tertiary alicyclic amines) is 1. The standard InChI is InChI=1S/C12H19ClN2O4/c1-7(2)10(12(18)19)14(3)11(17)8-5-15(6-8)9(16)4-13/h7-8,10H,4-6H2,1-3H3,(H,18,19)/t10-/m0/s1. The van der Waals surface area contributed by atoms with Gasteiger partial charge < -0.3 is 14.9 Å². The van der Waals surface area contributed by atoms with E-state index in [4.69, 9.17) is 16.7 Å². The molecule has 0 spiro atoms. The van der Waals surface area contributed by atoms with Crippen molar-refractivity contribution in [2.45, 2.75) is 19.9 Å². The Bertz CT molecular complexity index is 380. The maximum atomic E-state index is 12.1. The van der Waals surface area contributed by atoms with Gasteiger partial charge in [-0.2, -0.15) is 0 Å². The maximum absolute atomic E-state index is 12.1. The average Bonchev–Trinajstić information content (AvgIpc) is 2.25. The van der Waals surface area contributed by atoms with Crippen LogP contribution in [0.2, 0.25) is 0 Å². The van der Waals surface area contributed by atoms with Gasteiger partial charge in [-0.1, -0.05) is 13.8 Å². The van der Waals surface area contributed by atoms with Crippen molar-refractivity contribution in [2.24, 2.45) is 11.8 Å². The number of rotatable bonds is 5. The van der Waals surface area contributed by atoms with Crippen LogP contribution >= 0.6 is 11.6 Å². The molecular formula is C12H19ClN2O4. The van der Waals surface area contributed by atoms with Crippen LogP contribution in [0.25, 0.3) is 0 Å². The van der Waals surface area contributed by atoms with Crippen molar-refractivity contribution in [3.63, 3.8) is 0 Å². The van der Waals surface area contributed by atoms with Crippen molar-refractivity contribution in [3.8, 4) is 0 Å². The van der Waals surface area contributed by atoms with Gasteiger partial charge in [0.15, 0.2) is 0 Å². The van der Waals surface area contributed by atoms with E-state index in [1.165, 1.54) is 16.8 Å². The molecule has 0 saturated carbocycles. The summed E-state index contributed by atoms with van der Waals surface area (Å²) in [6.45, 7) is 4.15. The van der Waals surface area contributed by atoms with Crippen molar-refractivity contribution in [1.82, 2.24) is 9.80 Å². The molecule has 1 fully saturated rings. The van der Waals surface area contributed by atoms with Crippen molar-refractivity contribution in [2.75, 3.05) is 26.0 Å². The third kappa shape index (κ3) is 3.37. The quantitative estimate of drug-likeness (QED) is 0.736. The predicted molar refractivity (Wildman–Crippen MR) is 69.8 cm³/mol. The van der Waals surface area contributed by atoms with E-state index in [0.29, 0.717) is 13.1 Å². The zero-order valence-electron chi connectivity index (χ0n) is 11.3. The molecule has 0 bridgehead atoms. The van der Waals surface area contributed by atoms with Gasteiger partial charge in [-0.3, -0.25) is 9.59 Å². The van der Waals surface area contributed by atoms with Gasteiger partial charge in [-0.05, 0) is 5.92 Å². The van der Waals surface area contributed by atoms with Crippen molar-refractivity contribution in [1.29, 1.82) is 0 Å². The first kappa shape index (κ1) is 15.8. The zero-order chi connectivity index (χ0) is 14.7. The molecule has 1 rings (SSSR count). The van der Waals surface area contributed by atoms with Crippen LogP contribution in [0.1, 0.15) is 13.8 Å². The summed E-state index contributed by atoms with van der Waals surface area (Å²) in [4.78, 5) is 37.3. The molecule has 19 heavy (non-hydrogen) atoms. The minimum atomic E-state index is -1.01. The van der Waals surface area contributed by atoms with Crippen molar-refractivity contribution >= 4 is 29.4 Å². The van der Waals surface area contributed by atoms with Crippen LogP contribution in [0, 0.1) is 11.8 Å². The second kappa shape index (κ2) is 6.23. The number of hydrogen-bond acceptors (Lipinski definition) is 3. The smallest absolute Gasteiger partial charge is 0.326 e. The minimum absolute atomic E-state index is 0.0967. The lowest BCUT2D eigenvalue weighted by atomic mass is 9.95. The van der Waals surface area contributed by atoms with Crippen LogP contribution in [0.3, 0.4) is 0 Å². The molecule has 1 aliphatic rings. The number of nitrogens with zero attached hydrogens (tertiary/aromatic N) is 2. The highest BCUT2D eigenvalue weighted by Gasteiger charge is 2.40. The maximum Gasteiger partial charge on any atom is 0.326 e. The van der Waals surface area contributed by atoms with Gasteiger partial charge in [-0.25, -0.2) is 4.79 Å². The highest BCUT2D eigenvalue weighted by Crippen LogP contribution is 2.21. The number of carbonyl (C=O) groups is 3. The van der Waals surface area contributed by atoms with Crippen molar-refractivity contribution < 1.29 is 19.5 Å². The minimum Gasteiger partial charge on any atom is -0.480 e. The van der Waals surface area contributed by atoms with Gasteiger partial charge in [0.1, 0.15) is 11.9 Å². The number of halogens is 1. The number of alkyl halides is 1. The summed E-state index contributed by atoms with van der Waals surface area (Å²) in [6, 6.07) is -0.842. The highest BCUT2D eigenvalue weighted by molar-refractivity contribution is 6.27. The zero-order valence-corrected chi connectivity index (χ0v) is 12.1. The van der Waals surface area contributed by atoms with Gasteiger partial charge in [0.2, 0.25) is 11.8 Å². The Morgan fingerprint density at radius 2 is 1.89 bits per heavy atom. The molecule has 7 heteroatoms. The molecule has 0 aliphatic carbocycles. The molecule has 0 radical (unpaired) electrons. The van der Waals surface area contributed by atoms with Gasteiger partial charge in [0.05, 0.1) is 5.92 Å². The van der Waals surface area contributed by atoms with Crippen LogP contribution in [-0.4, -0.2) is 64.7 Å². The van der Waals surface area contributed by atoms with E-state index >= 15 is 0 Å². The van der Waals surface area contributed by atoms with E-state index in [0.717, 1.165) is 0 Å². The molecule has 0 unspecified atom stereocenters. The van der Waals surface area contributed by atoms with Crippen LogP contribution < -0.4 is 0 Å². The average molecular weight is 291 g/mol. The lowest BCUT2D eigenvalue weighted by molar-refractivity contribution is -0.157. The lowest BCUT2D eigenvalue weighted by Gasteiger charge is -2.41. The van der Waals surface area contributed by atoms with Crippen LogP contribution in [0.5, 0.6) is 0 Å². The van der Waals surface area contributed by atoms with E-state index in [9.17, 15) is 14.4 Å². The molecule has 0 aromatic carbocycles. The molecule has 1 atom stereocenters. The first-order valence-corrected chi connectivity index (χ1v) is 6.66. The number of likely N-dealkylation sites (N-methyl/N-ethyl adjacent to an activating group) is 1.